The van der Waals surface area contributed by atoms with Crippen molar-refractivity contribution in [2.24, 2.45) is 17.8 Å². The van der Waals surface area contributed by atoms with Crippen molar-refractivity contribution in [2.45, 2.75) is 84.5 Å². The lowest BCUT2D eigenvalue weighted by atomic mass is 9.60. The van der Waals surface area contributed by atoms with Gasteiger partial charge < -0.3 is 0 Å². The second-order valence-corrected chi connectivity index (χ2v) is 9.40. The highest BCUT2D eigenvalue weighted by Gasteiger charge is 2.40. The molecule has 0 saturated heterocycles. The van der Waals surface area contributed by atoms with Crippen LogP contribution < -0.4 is 0 Å². The molecule has 2 heteroatoms. The van der Waals surface area contributed by atoms with Gasteiger partial charge in [0, 0.05) is 5.92 Å². The number of benzene rings is 1. The number of hydrogen-bond donors (Lipinski definition) is 0. The van der Waals surface area contributed by atoms with Crippen LogP contribution in [0, 0.1) is 29.4 Å². The molecule has 0 amide bonds. The summed E-state index contributed by atoms with van der Waals surface area (Å²) in [6.07, 6.45) is 14.1. The fourth-order valence-electron chi connectivity index (χ4n) is 5.76. The van der Waals surface area contributed by atoms with Gasteiger partial charge in [-0.2, -0.15) is 0 Å². The van der Waals surface area contributed by atoms with Crippen molar-refractivity contribution < 1.29 is 8.78 Å². The van der Waals surface area contributed by atoms with E-state index in [1.807, 2.05) is 6.08 Å². The van der Waals surface area contributed by atoms with E-state index in [1.54, 1.807) is 0 Å². The molecule has 1 aromatic rings. The lowest BCUT2D eigenvalue weighted by Crippen LogP contribution is -2.31. The molecule has 164 valence electrons. The van der Waals surface area contributed by atoms with Gasteiger partial charge >= 0.3 is 0 Å². The first-order valence-corrected chi connectivity index (χ1v) is 12.0. The molecule has 2 aliphatic rings. The summed E-state index contributed by atoms with van der Waals surface area (Å²) in [5.41, 5.74) is 4.75. The van der Waals surface area contributed by atoms with Crippen LogP contribution in [0.4, 0.5) is 8.78 Å². The van der Waals surface area contributed by atoms with Gasteiger partial charge in [-0.05, 0) is 91.2 Å². The normalized spacial score (nSPS) is 26.6. The van der Waals surface area contributed by atoms with Crippen molar-refractivity contribution >= 4 is 0 Å². The number of halogens is 2. The summed E-state index contributed by atoms with van der Waals surface area (Å²) in [5.74, 6) is 1.32. The largest absolute Gasteiger partial charge is 0.207 e. The van der Waals surface area contributed by atoms with Crippen molar-refractivity contribution in [1.29, 1.82) is 0 Å². The molecule has 4 unspecified atom stereocenters. The highest BCUT2D eigenvalue weighted by atomic mass is 19.1. The Labute approximate surface area is 182 Å². The average molecular weight is 413 g/mol. The van der Waals surface area contributed by atoms with Crippen LogP contribution in [0.5, 0.6) is 0 Å². The van der Waals surface area contributed by atoms with Crippen LogP contribution in [0.15, 0.2) is 53.6 Å². The minimum atomic E-state index is -0.336. The van der Waals surface area contributed by atoms with E-state index in [-0.39, 0.29) is 17.6 Å². The van der Waals surface area contributed by atoms with E-state index in [1.165, 1.54) is 54.2 Å². The highest BCUT2D eigenvalue weighted by molar-refractivity contribution is 5.47. The van der Waals surface area contributed by atoms with Crippen LogP contribution in [0.1, 0.15) is 90.0 Å². The SMILES string of the molecule is C=C/C=C1/CCC2C(=C1CCC)C(c1cc(F)ccc1F)CCC2CCC(C)CC. The third kappa shape index (κ3) is 4.95. The van der Waals surface area contributed by atoms with Gasteiger partial charge in [0.05, 0.1) is 0 Å². The van der Waals surface area contributed by atoms with E-state index in [0.717, 1.165) is 44.4 Å². The maximum atomic E-state index is 14.8. The minimum Gasteiger partial charge on any atom is -0.207 e. The van der Waals surface area contributed by atoms with Crippen LogP contribution in [0.2, 0.25) is 0 Å². The molecule has 30 heavy (non-hydrogen) atoms. The number of allylic oxidation sites excluding steroid dienone is 5. The number of rotatable bonds is 8. The zero-order chi connectivity index (χ0) is 21.7. The Hall–Kier alpha value is -1.70. The summed E-state index contributed by atoms with van der Waals surface area (Å²) in [6.45, 7) is 10.7. The average Bonchev–Trinajstić information content (AvgIpc) is 2.75. The van der Waals surface area contributed by atoms with E-state index >= 15 is 0 Å². The summed E-state index contributed by atoms with van der Waals surface area (Å²) in [5, 5.41) is 0. The molecular weight excluding hydrogens is 374 g/mol. The first-order valence-electron chi connectivity index (χ1n) is 12.0. The van der Waals surface area contributed by atoms with Crippen LogP contribution in [-0.4, -0.2) is 0 Å². The lowest BCUT2D eigenvalue weighted by molar-refractivity contribution is 0.232. The van der Waals surface area contributed by atoms with E-state index in [2.05, 4.69) is 33.4 Å². The molecule has 0 aliphatic heterocycles. The minimum absolute atomic E-state index is 0.000568. The van der Waals surface area contributed by atoms with Gasteiger partial charge in [-0.3, -0.25) is 0 Å². The van der Waals surface area contributed by atoms with Gasteiger partial charge in [-0.1, -0.05) is 64.3 Å². The summed E-state index contributed by atoms with van der Waals surface area (Å²) in [4.78, 5) is 0. The molecule has 0 radical (unpaired) electrons. The van der Waals surface area contributed by atoms with Crippen molar-refractivity contribution in [3.63, 3.8) is 0 Å². The number of fused-ring (bicyclic) bond motifs is 1. The third-order valence-electron chi connectivity index (χ3n) is 7.51. The summed E-state index contributed by atoms with van der Waals surface area (Å²) in [6, 6.07) is 3.98. The predicted octanol–water partition coefficient (Wildman–Crippen LogP) is 8.90. The summed E-state index contributed by atoms with van der Waals surface area (Å²) in [7, 11) is 0. The summed E-state index contributed by atoms with van der Waals surface area (Å²) >= 11 is 0. The Balaban J connectivity index is 2.06. The molecule has 1 saturated carbocycles. The molecule has 2 aliphatic carbocycles. The molecule has 0 aromatic heterocycles. The van der Waals surface area contributed by atoms with E-state index in [9.17, 15) is 8.78 Å². The summed E-state index contributed by atoms with van der Waals surface area (Å²) < 4.78 is 28.9. The van der Waals surface area contributed by atoms with Crippen LogP contribution in [-0.2, 0) is 0 Å². The molecule has 0 spiro atoms. The van der Waals surface area contributed by atoms with E-state index < -0.39 is 0 Å². The van der Waals surface area contributed by atoms with E-state index in [0.29, 0.717) is 17.4 Å². The molecular formula is C28H38F2. The first kappa shape index (κ1) is 23.0. The Kier molecular flexibility index (Phi) is 8.08. The van der Waals surface area contributed by atoms with E-state index in [4.69, 9.17) is 0 Å². The highest BCUT2D eigenvalue weighted by Crippen LogP contribution is 2.53. The number of hydrogen-bond acceptors (Lipinski definition) is 0. The second kappa shape index (κ2) is 10.6. The molecule has 1 aromatic carbocycles. The van der Waals surface area contributed by atoms with Gasteiger partial charge in [0.2, 0.25) is 0 Å². The topological polar surface area (TPSA) is 0 Å². The van der Waals surface area contributed by atoms with Gasteiger partial charge in [0.25, 0.3) is 0 Å². The predicted molar refractivity (Wildman–Crippen MR) is 123 cm³/mol. The van der Waals surface area contributed by atoms with Gasteiger partial charge in [-0.25, -0.2) is 8.78 Å². The Morgan fingerprint density at radius 2 is 1.97 bits per heavy atom. The zero-order valence-corrected chi connectivity index (χ0v) is 19.0. The second-order valence-electron chi connectivity index (χ2n) is 9.40. The van der Waals surface area contributed by atoms with Crippen LogP contribution in [0.25, 0.3) is 0 Å². The fraction of sp³-hybridized carbons (Fsp3) is 0.571. The van der Waals surface area contributed by atoms with Crippen LogP contribution >= 0.6 is 0 Å². The third-order valence-corrected chi connectivity index (χ3v) is 7.51. The smallest absolute Gasteiger partial charge is 0.127 e. The van der Waals surface area contributed by atoms with Gasteiger partial charge in [0.15, 0.2) is 0 Å². The first-order chi connectivity index (χ1) is 14.5. The zero-order valence-electron chi connectivity index (χ0n) is 19.0. The fourth-order valence-corrected chi connectivity index (χ4v) is 5.76. The molecule has 0 N–H and O–H groups in total. The molecule has 4 atom stereocenters. The Morgan fingerprint density at radius 3 is 2.67 bits per heavy atom. The van der Waals surface area contributed by atoms with Gasteiger partial charge in [0.1, 0.15) is 11.6 Å². The Morgan fingerprint density at radius 1 is 1.17 bits per heavy atom. The molecule has 1 fully saturated rings. The van der Waals surface area contributed by atoms with Crippen molar-refractivity contribution in [1.82, 2.24) is 0 Å². The lowest BCUT2D eigenvalue weighted by Gasteiger charge is -2.44. The standard InChI is InChI=1S/C28H38F2/c1-5-8-20-12-15-24-21(11-10-19(4)7-3)13-16-25(28(24)23(20)9-6-2)26-18-22(29)14-17-27(26)30/h5,8,14,17-19,21,24-25H,1,6-7,9-13,15-16H2,2-4H3/b20-8-. The monoisotopic (exact) mass is 412 g/mol. The van der Waals surface area contributed by atoms with Crippen molar-refractivity contribution in [3.05, 3.63) is 70.8 Å². The molecule has 3 rings (SSSR count). The van der Waals surface area contributed by atoms with Gasteiger partial charge in [-0.15, -0.1) is 0 Å². The maximum absolute atomic E-state index is 14.8. The van der Waals surface area contributed by atoms with Crippen molar-refractivity contribution in [3.8, 4) is 0 Å². The molecule has 0 nitrogen and oxygen atoms in total. The quantitative estimate of drug-likeness (QED) is 0.400. The molecule has 0 bridgehead atoms. The molecule has 0 heterocycles. The van der Waals surface area contributed by atoms with Crippen LogP contribution in [0.3, 0.4) is 0 Å². The van der Waals surface area contributed by atoms with Crippen molar-refractivity contribution in [2.75, 3.05) is 0 Å². The Bertz CT molecular complexity index is 801. The maximum Gasteiger partial charge on any atom is 0.127 e.